The minimum atomic E-state index is -0.0959. The summed E-state index contributed by atoms with van der Waals surface area (Å²) in [5.41, 5.74) is 3.48. The first-order chi connectivity index (χ1) is 11.5. The molecule has 1 aliphatic heterocycles. The number of carbonyl (C=O) groups is 1. The van der Waals surface area contributed by atoms with Gasteiger partial charge in [0.2, 0.25) is 0 Å². The number of hydrogen-bond donors (Lipinski definition) is 1. The Morgan fingerprint density at radius 1 is 1.42 bits per heavy atom. The molecule has 3 aromatic heterocycles. The van der Waals surface area contributed by atoms with Gasteiger partial charge in [0.1, 0.15) is 0 Å². The van der Waals surface area contributed by atoms with Gasteiger partial charge < -0.3 is 10.0 Å². The Kier molecular flexibility index (Phi) is 3.35. The molecule has 0 aliphatic carbocycles. The van der Waals surface area contributed by atoms with E-state index in [0.29, 0.717) is 17.9 Å². The molecule has 1 aliphatic rings. The Morgan fingerprint density at radius 3 is 3.00 bits per heavy atom. The summed E-state index contributed by atoms with van der Waals surface area (Å²) in [4.78, 5) is 21.6. The van der Waals surface area contributed by atoms with Gasteiger partial charge >= 0.3 is 0 Å². The first-order valence-corrected chi connectivity index (χ1v) is 8.71. The molecule has 3 aromatic rings. The minimum Gasteiger partial charge on any atom is -0.505 e. The molecule has 1 amide bonds. The zero-order valence-corrected chi connectivity index (χ0v) is 14.6. The van der Waals surface area contributed by atoms with E-state index >= 15 is 0 Å². The van der Waals surface area contributed by atoms with E-state index in [1.165, 1.54) is 37.8 Å². The van der Waals surface area contributed by atoms with Gasteiger partial charge in [-0.15, -0.1) is 11.3 Å². The normalized spacial score (nSPS) is 17.3. The summed E-state index contributed by atoms with van der Waals surface area (Å²) in [5, 5.41) is 13.8. The maximum Gasteiger partial charge on any atom is 0.274 e. The third-order valence-corrected chi connectivity index (χ3v) is 6.04. The van der Waals surface area contributed by atoms with Crippen LogP contribution in [0.25, 0.3) is 5.65 Å². The van der Waals surface area contributed by atoms with E-state index in [9.17, 15) is 9.90 Å². The van der Waals surface area contributed by atoms with Gasteiger partial charge in [-0.05, 0) is 38.3 Å². The maximum atomic E-state index is 13.0. The molecule has 4 heterocycles. The van der Waals surface area contributed by atoms with Crippen LogP contribution in [0.15, 0.2) is 18.5 Å². The third kappa shape index (κ3) is 2.19. The van der Waals surface area contributed by atoms with Crippen molar-refractivity contribution in [1.82, 2.24) is 19.5 Å². The monoisotopic (exact) mass is 342 g/mol. The highest BCUT2D eigenvalue weighted by Gasteiger charge is 2.32. The number of aromatic hydroxyl groups is 1. The Morgan fingerprint density at radius 2 is 2.21 bits per heavy atom. The number of rotatable bonds is 1. The number of carbonyl (C=O) groups excluding carboxylic acids is 1. The summed E-state index contributed by atoms with van der Waals surface area (Å²) < 4.78 is 1.43. The van der Waals surface area contributed by atoms with Crippen LogP contribution in [0.4, 0.5) is 0 Å². The van der Waals surface area contributed by atoms with E-state index in [1.54, 1.807) is 6.07 Å². The molecular weight excluding hydrogens is 324 g/mol. The Labute approximate surface area is 143 Å². The molecule has 1 atom stereocenters. The van der Waals surface area contributed by atoms with Crippen molar-refractivity contribution < 1.29 is 9.90 Å². The average molecular weight is 342 g/mol. The summed E-state index contributed by atoms with van der Waals surface area (Å²) in [7, 11) is 0. The van der Waals surface area contributed by atoms with Crippen LogP contribution in [0, 0.1) is 13.8 Å². The number of aryl methyl sites for hydroxylation is 1. The number of amides is 1. The lowest BCUT2D eigenvalue weighted by Gasteiger charge is -2.33. The molecule has 24 heavy (non-hydrogen) atoms. The largest absolute Gasteiger partial charge is 0.505 e. The van der Waals surface area contributed by atoms with Crippen molar-refractivity contribution in [2.75, 3.05) is 6.54 Å². The molecule has 1 unspecified atom stereocenters. The van der Waals surface area contributed by atoms with Gasteiger partial charge in [0.25, 0.3) is 5.91 Å². The van der Waals surface area contributed by atoms with Gasteiger partial charge in [-0.1, -0.05) is 0 Å². The Balaban J connectivity index is 1.70. The molecule has 4 rings (SSSR count). The molecule has 0 aromatic carbocycles. The molecule has 6 nitrogen and oxygen atoms in total. The van der Waals surface area contributed by atoms with Crippen molar-refractivity contribution >= 4 is 22.9 Å². The van der Waals surface area contributed by atoms with Crippen molar-refractivity contribution in [3.63, 3.8) is 0 Å². The fourth-order valence-corrected chi connectivity index (χ4v) is 4.67. The van der Waals surface area contributed by atoms with Gasteiger partial charge in [0, 0.05) is 22.4 Å². The SMILES string of the molecule is Cc1sc2c(c1C)C(C)N(C(=O)c1cc3ncc(O)cn3n1)CC2. The lowest BCUT2D eigenvalue weighted by Crippen LogP contribution is -2.38. The topological polar surface area (TPSA) is 70.7 Å². The van der Waals surface area contributed by atoms with Crippen LogP contribution in [0.2, 0.25) is 0 Å². The fraction of sp³-hybridized carbons (Fsp3) is 0.353. The summed E-state index contributed by atoms with van der Waals surface area (Å²) in [6, 6.07) is 1.70. The highest BCUT2D eigenvalue weighted by molar-refractivity contribution is 7.12. The standard InChI is InChI=1S/C17H18N4O2S/c1-9-11(3)24-14-4-5-20(10(2)16(9)14)17(23)13-6-15-18-7-12(22)8-21(15)19-13/h6-8,10,22H,4-5H2,1-3H3. The molecule has 124 valence electrons. The second-order valence-electron chi connectivity index (χ2n) is 6.19. The number of aromatic nitrogens is 3. The second-order valence-corrected chi connectivity index (χ2v) is 7.50. The van der Waals surface area contributed by atoms with E-state index in [-0.39, 0.29) is 17.7 Å². The molecule has 0 bridgehead atoms. The second kappa shape index (κ2) is 5.31. The van der Waals surface area contributed by atoms with Crippen LogP contribution in [0.5, 0.6) is 5.75 Å². The quantitative estimate of drug-likeness (QED) is 0.738. The molecule has 0 fully saturated rings. The summed E-state index contributed by atoms with van der Waals surface area (Å²) >= 11 is 1.84. The van der Waals surface area contributed by atoms with Crippen LogP contribution in [0.1, 0.15) is 44.3 Å². The lowest BCUT2D eigenvalue weighted by atomic mass is 9.96. The molecule has 1 N–H and O–H groups in total. The van der Waals surface area contributed by atoms with Crippen LogP contribution >= 0.6 is 11.3 Å². The first-order valence-electron chi connectivity index (χ1n) is 7.90. The van der Waals surface area contributed by atoms with Gasteiger partial charge in [-0.3, -0.25) is 4.79 Å². The van der Waals surface area contributed by atoms with Crippen LogP contribution in [0.3, 0.4) is 0 Å². The van der Waals surface area contributed by atoms with E-state index in [0.717, 1.165) is 6.42 Å². The van der Waals surface area contributed by atoms with Crippen molar-refractivity contribution in [1.29, 1.82) is 0 Å². The molecule has 0 saturated carbocycles. The summed E-state index contributed by atoms with van der Waals surface area (Å²) in [6.45, 7) is 7.04. The first kappa shape index (κ1) is 15.1. The smallest absolute Gasteiger partial charge is 0.274 e. The third-order valence-electron chi connectivity index (χ3n) is 4.75. The van der Waals surface area contributed by atoms with Gasteiger partial charge in [-0.25, -0.2) is 9.50 Å². The van der Waals surface area contributed by atoms with Crippen LogP contribution < -0.4 is 0 Å². The number of fused-ring (bicyclic) bond motifs is 2. The van der Waals surface area contributed by atoms with E-state index in [1.807, 2.05) is 16.2 Å². The predicted octanol–water partition coefficient (Wildman–Crippen LogP) is 2.87. The zero-order chi connectivity index (χ0) is 17.0. The molecule has 7 heteroatoms. The Hall–Kier alpha value is -2.41. The van der Waals surface area contributed by atoms with Gasteiger partial charge in [-0.2, -0.15) is 5.10 Å². The fourth-order valence-electron chi connectivity index (χ4n) is 3.41. The van der Waals surface area contributed by atoms with E-state index < -0.39 is 0 Å². The predicted molar refractivity (Wildman–Crippen MR) is 91.6 cm³/mol. The van der Waals surface area contributed by atoms with Crippen LogP contribution in [-0.4, -0.2) is 37.1 Å². The molecular formula is C17H18N4O2S. The van der Waals surface area contributed by atoms with E-state index in [4.69, 9.17) is 0 Å². The number of thiophene rings is 1. The Bertz CT molecular complexity index is 959. The summed E-state index contributed by atoms with van der Waals surface area (Å²) in [5.74, 6) is -0.0775. The van der Waals surface area contributed by atoms with Crippen LogP contribution in [-0.2, 0) is 6.42 Å². The molecule has 0 radical (unpaired) electrons. The molecule has 0 saturated heterocycles. The van der Waals surface area contributed by atoms with Crippen molar-refractivity contribution in [2.24, 2.45) is 0 Å². The van der Waals surface area contributed by atoms with E-state index in [2.05, 4.69) is 30.9 Å². The zero-order valence-electron chi connectivity index (χ0n) is 13.8. The summed E-state index contributed by atoms with van der Waals surface area (Å²) in [6.07, 6.45) is 3.68. The number of hydrogen-bond acceptors (Lipinski definition) is 5. The highest BCUT2D eigenvalue weighted by atomic mass is 32.1. The van der Waals surface area contributed by atoms with Gasteiger partial charge in [0.15, 0.2) is 17.1 Å². The average Bonchev–Trinajstić information content (AvgIpc) is 3.09. The molecule has 0 spiro atoms. The number of nitrogens with zero attached hydrogens (tertiary/aromatic N) is 4. The van der Waals surface area contributed by atoms with Crippen molar-refractivity contribution in [2.45, 2.75) is 33.2 Å². The highest BCUT2D eigenvalue weighted by Crippen LogP contribution is 2.39. The lowest BCUT2D eigenvalue weighted by molar-refractivity contribution is 0.0672. The maximum absolute atomic E-state index is 13.0. The minimum absolute atomic E-state index is 0.0185. The van der Waals surface area contributed by atoms with Crippen molar-refractivity contribution in [3.05, 3.63) is 45.0 Å². The van der Waals surface area contributed by atoms with Gasteiger partial charge in [0.05, 0.1) is 18.4 Å². The van der Waals surface area contributed by atoms with Crippen molar-refractivity contribution in [3.8, 4) is 5.75 Å².